The van der Waals surface area contributed by atoms with Gasteiger partial charge in [-0.25, -0.2) is 0 Å². The second kappa shape index (κ2) is 4.05. The molecule has 0 amide bonds. The van der Waals surface area contributed by atoms with E-state index >= 15 is 0 Å². The van der Waals surface area contributed by atoms with Crippen LogP contribution in [0.5, 0.6) is 0 Å². The Kier molecular flexibility index (Phi) is 3.19. The zero-order valence-electron chi connectivity index (χ0n) is 7.83. The van der Waals surface area contributed by atoms with Crippen molar-refractivity contribution in [2.24, 2.45) is 11.8 Å². The van der Waals surface area contributed by atoms with Gasteiger partial charge in [-0.1, -0.05) is 0 Å². The molecule has 0 saturated heterocycles. The third-order valence-electron chi connectivity index (χ3n) is 3.41. The number of carbonyl (C=O) groups is 1. The van der Waals surface area contributed by atoms with Crippen LogP contribution in [0.4, 0.5) is 0 Å². The van der Waals surface area contributed by atoms with E-state index in [0.717, 1.165) is 15.8 Å². The molecular formula is C9H13ClHgO2. The van der Waals surface area contributed by atoms with Gasteiger partial charge in [-0.05, 0) is 0 Å². The Morgan fingerprint density at radius 1 is 1.46 bits per heavy atom. The Morgan fingerprint density at radius 2 is 2.23 bits per heavy atom. The van der Waals surface area contributed by atoms with E-state index in [1.165, 1.54) is 19.8 Å². The average Bonchev–Trinajstić information content (AvgIpc) is 2.60. The molecule has 0 aliphatic heterocycles. The van der Waals surface area contributed by atoms with Crippen LogP contribution in [0.25, 0.3) is 0 Å². The molecule has 0 aromatic heterocycles. The monoisotopic (exact) mass is 390 g/mol. The number of esters is 1. The third-order valence-corrected chi connectivity index (χ3v) is 12.1. The molecule has 2 rings (SSSR count). The Morgan fingerprint density at radius 3 is 2.77 bits per heavy atom. The van der Waals surface area contributed by atoms with E-state index in [4.69, 9.17) is 13.0 Å². The molecule has 0 N–H and O–H groups in total. The van der Waals surface area contributed by atoms with Crippen molar-refractivity contribution >= 4 is 14.2 Å². The Balaban J connectivity index is 1.97. The molecule has 2 fully saturated rings. The number of rotatable bonds is 2. The van der Waals surface area contributed by atoms with Gasteiger partial charge in [0.15, 0.2) is 0 Å². The van der Waals surface area contributed by atoms with Crippen LogP contribution in [-0.4, -0.2) is 12.1 Å². The van der Waals surface area contributed by atoms with Gasteiger partial charge in [0.25, 0.3) is 0 Å². The Hall–Kier alpha value is 0.695. The van der Waals surface area contributed by atoms with Gasteiger partial charge in [-0.2, -0.15) is 0 Å². The van der Waals surface area contributed by atoms with Gasteiger partial charge < -0.3 is 0 Å². The van der Waals surface area contributed by atoms with Crippen molar-refractivity contribution in [1.82, 2.24) is 0 Å². The topological polar surface area (TPSA) is 26.3 Å². The first-order valence-corrected chi connectivity index (χ1v) is 14.9. The zero-order valence-corrected chi connectivity index (χ0v) is 14.1. The summed E-state index contributed by atoms with van der Waals surface area (Å²) < 4.78 is 6.13. The molecule has 0 spiro atoms. The van der Waals surface area contributed by atoms with E-state index in [2.05, 4.69) is 0 Å². The first-order valence-electron chi connectivity index (χ1n) is 4.94. The van der Waals surface area contributed by atoms with Crippen molar-refractivity contribution in [2.45, 2.75) is 35.7 Å². The summed E-state index contributed by atoms with van der Waals surface area (Å²) in [6.07, 6.45) is 3.94. The second-order valence-electron chi connectivity index (χ2n) is 4.30. The maximum absolute atomic E-state index is 10.8. The molecule has 2 bridgehead atoms. The van der Waals surface area contributed by atoms with Gasteiger partial charge in [0, 0.05) is 0 Å². The SMILES string of the molecule is CC(=O)OC1CC2C[CH]([Hg][Cl])C1C2. The zero-order chi connectivity index (χ0) is 9.42. The molecule has 4 heteroatoms. The number of halogens is 1. The fraction of sp³-hybridized carbons (Fsp3) is 0.889. The average molecular weight is 389 g/mol. The van der Waals surface area contributed by atoms with Crippen molar-refractivity contribution in [2.75, 3.05) is 0 Å². The van der Waals surface area contributed by atoms with Crippen LogP contribution in [0.1, 0.15) is 26.2 Å². The van der Waals surface area contributed by atoms with Gasteiger partial charge in [0.05, 0.1) is 0 Å². The number of fused-ring (bicyclic) bond motifs is 2. The quantitative estimate of drug-likeness (QED) is 0.536. The van der Waals surface area contributed by atoms with E-state index in [1.807, 2.05) is 0 Å². The fourth-order valence-corrected chi connectivity index (χ4v) is 11.2. The van der Waals surface area contributed by atoms with Crippen LogP contribution in [0.15, 0.2) is 0 Å². The Bertz CT molecular complexity index is 222. The van der Waals surface area contributed by atoms with Gasteiger partial charge in [-0.15, -0.1) is 0 Å². The number of ether oxygens (including phenoxy) is 1. The van der Waals surface area contributed by atoms with Crippen LogP contribution in [0.3, 0.4) is 0 Å². The van der Waals surface area contributed by atoms with Crippen molar-refractivity contribution < 1.29 is 32.9 Å². The van der Waals surface area contributed by atoms with Crippen LogP contribution in [0.2, 0.25) is 3.43 Å². The summed E-state index contributed by atoms with van der Waals surface area (Å²) in [5.74, 6) is 1.34. The van der Waals surface area contributed by atoms with Gasteiger partial charge in [0.1, 0.15) is 0 Å². The maximum atomic E-state index is 10.8. The fourth-order valence-electron chi connectivity index (χ4n) is 2.95. The van der Waals surface area contributed by atoms with Crippen molar-refractivity contribution in [3.63, 3.8) is 0 Å². The molecule has 0 aromatic carbocycles. The minimum absolute atomic E-state index is 0.123. The van der Waals surface area contributed by atoms with Crippen LogP contribution in [-0.2, 0) is 32.9 Å². The van der Waals surface area contributed by atoms with E-state index in [-0.39, 0.29) is 12.1 Å². The predicted octanol–water partition coefficient (Wildman–Crippen LogP) is 2.37. The predicted molar refractivity (Wildman–Crippen MR) is 46.0 cm³/mol. The molecule has 0 heterocycles. The van der Waals surface area contributed by atoms with Crippen molar-refractivity contribution in [3.8, 4) is 0 Å². The number of hydrogen-bond donors (Lipinski definition) is 0. The van der Waals surface area contributed by atoms with Gasteiger partial charge >= 0.3 is 94.6 Å². The number of carbonyl (C=O) groups excluding carboxylic acids is 1. The summed E-state index contributed by atoms with van der Waals surface area (Å²) in [6.45, 7) is 1.51. The second-order valence-corrected chi connectivity index (χ2v) is 12.3. The first-order chi connectivity index (χ1) is 6.20. The molecule has 2 saturated carbocycles. The first kappa shape index (κ1) is 10.2. The molecular weight excluding hydrogens is 376 g/mol. The molecule has 2 aliphatic rings. The van der Waals surface area contributed by atoms with E-state index < -0.39 is 23.3 Å². The summed E-state index contributed by atoms with van der Waals surface area (Å²) in [4.78, 5) is 10.8. The Labute approximate surface area is 94.2 Å². The molecule has 4 unspecified atom stereocenters. The van der Waals surface area contributed by atoms with Crippen molar-refractivity contribution in [1.29, 1.82) is 0 Å². The standard InChI is InChI=1S/C9H13O2.ClH.Hg/c1-6(10)11-9-5-7-2-3-8(9)4-7;;/h3,7-9H,2,4-5H2,1H3;1H;/q;;+1/p-1. The summed E-state index contributed by atoms with van der Waals surface area (Å²) >= 11 is -1.11. The van der Waals surface area contributed by atoms with Crippen molar-refractivity contribution in [3.05, 3.63) is 0 Å². The van der Waals surface area contributed by atoms with E-state index in [0.29, 0.717) is 5.92 Å². The number of hydrogen-bond acceptors (Lipinski definition) is 2. The summed E-state index contributed by atoms with van der Waals surface area (Å²) in [5.41, 5.74) is 0. The normalized spacial score (nSPS) is 41.7. The molecule has 0 radical (unpaired) electrons. The van der Waals surface area contributed by atoms with E-state index in [1.54, 1.807) is 0 Å². The molecule has 2 aliphatic carbocycles. The van der Waals surface area contributed by atoms with Crippen LogP contribution < -0.4 is 0 Å². The molecule has 2 nitrogen and oxygen atoms in total. The van der Waals surface area contributed by atoms with Crippen LogP contribution >= 0.6 is 8.25 Å². The minimum atomic E-state index is -1.11. The summed E-state index contributed by atoms with van der Waals surface area (Å²) in [5, 5.41) is 0. The third kappa shape index (κ3) is 2.04. The summed E-state index contributed by atoms with van der Waals surface area (Å²) in [6, 6.07) is 0. The van der Waals surface area contributed by atoms with Gasteiger partial charge in [0.2, 0.25) is 0 Å². The molecule has 13 heavy (non-hydrogen) atoms. The van der Waals surface area contributed by atoms with E-state index in [9.17, 15) is 4.79 Å². The van der Waals surface area contributed by atoms with Gasteiger partial charge in [-0.3, -0.25) is 0 Å². The summed E-state index contributed by atoms with van der Waals surface area (Å²) in [7, 11) is 6.09. The molecule has 0 aromatic rings. The van der Waals surface area contributed by atoms with Crippen LogP contribution in [0, 0.1) is 11.8 Å². The molecule has 4 atom stereocenters. The molecule has 70 valence electrons.